The van der Waals surface area contributed by atoms with Gasteiger partial charge in [-0.3, -0.25) is 14.4 Å². The second kappa shape index (κ2) is 10.9. The number of Topliss-reactive ketones (excluding diaryl/α,β-unsaturated/α-hetero) is 2. The number of hydrogen-bond donors (Lipinski definition) is 0. The van der Waals surface area contributed by atoms with Crippen LogP contribution in [0.3, 0.4) is 0 Å². The summed E-state index contributed by atoms with van der Waals surface area (Å²) in [6.07, 6.45) is 1.51. The van der Waals surface area contributed by atoms with E-state index in [1.807, 2.05) is 0 Å². The highest BCUT2D eigenvalue weighted by atomic mass is 16.9. The maximum Gasteiger partial charge on any atom is 0.305 e. The van der Waals surface area contributed by atoms with E-state index in [2.05, 4.69) is 4.84 Å². The van der Waals surface area contributed by atoms with Gasteiger partial charge in [0.15, 0.2) is 0 Å². The van der Waals surface area contributed by atoms with Crippen molar-refractivity contribution < 1.29 is 38.5 Å². The standard InChI is InChI=1S/C17H23NO9/c1-11-12(15(21)17(25-3)16(24-2)14(11)20)7-6-9-26-13(19)8-4-5-10-27-18(22)23/h4-10H2,1-3H3. The number of esters is 1. The average molecular weight is 385 g/mol. The summed E-state index contributed by atoms with van der Waals surface area (Å²) in [4.78, 5) is 50.3. The Hall–Kier alpha value is -2.91. The number of methoxy groups -OCH3 is 2. The molecule has 1 rings (SSSR count). The van der Waals surface area contributed by atoms with Crippen LogP contribution in [0.15, 0.2) is 22.7 Å². The van der Waals surface area contributed by atoms with Crippen LogP contribution in [0.4, 0.5) is 0 Å². The summed E-state index contributed by atoms with van der Waals surface area (Å²) in [7, 11) is 2.58. The number of carbonyl (C=O) groups excluding carboxylic acids is 3. The van der Waals surface area contributed by atoms with Crippen LogP contribution in [-0.4, -0.2) is 50.1 Å². The lowest BCUT2D eigenvalue weighted by molar-refractivity contribution is -0.757. The molecule has 0 aromatic carbocycles. The predicted octanol–water partition coefficient (Wildman–Crippen LogP) is 1.66. The van der Waals surface area contributed by atoms with E-state index in [1.54, 1.807) is 6.92 Å². The normalized spacial score (nSPS) is 14.3. The van der Waals surface area contributed by atoms with Crippen molar-refractivity contribution >= 4 is 17.5 Å². The highest BCUT2D eigenvalue weighted by Gasteiger charge is 2.34. The molecular weight excluding hydrogens is 362 g/mol. The number of hydrogen-bond acceptors (Lipinski definition) is 9. The summed E-state index contributed by atoms with van der Waals surface area (Å²) < 4.78 is 15.0. The van der Waals surface area contributed by atoms with Crippen molar-refractivity contribution in [3.05, 3.63) is 32.8 Å². The minimum absolute atomic E-state index is 0.0668. The monoisotopic (exact) mass is 385 g/mol. The van der Waals surface area contributed by atoms with Crippen molar-refractivity contribution in [2.24, 2.45) is 0 Å². The molecule has 0 aliphatic heterocycles. The first-order chi connectivity index (χ1) is 12.8. The number of nitrogens with zero attached hydrogens (tertiary/aromatic N) is 1. The summed E-state index contributed by atoms with van der Waals surface area (Å²) in [6, 6.07) is 0. The number of rotatable bonds is 12. The third kappa shape index (κ3) is 6.39. The molecule has 0 N–H and O–H groups in total. The molecule has 0 aromatic rings. The lowest BCUT2D eigenvalue weighted by Crippen LogP contribution is -2.25. The first-order valence-corrected chi connectivity index (χ1v) is 8.37. The zero-order valence-corrected chi connectivity index (χ0v) is 15.6. The summed E-state index contributed by atoms with van der Waals surface area (Å²) in [5.41, 5.74) is 0.598. The van der Waals surface area contributed by atoms with Crippen LogP contribution >= 0.6 is 0 Å². The highest BCUT2D eigenvalue weighted by molar-refractivity contribution is 6.23. The molecule has 0 bridgehead atoms. The van der Waals surface area contributed by atoms with E-state index in [1.165, 1.54) is 14.2 Å². The Labute approximate surface area is 156 Å². The molecule has 0 unspecified atom stereocenters. The van der Waals surface area contributed by atoms with E-state index in [9.17, 15) is 24.5 Å². The van der Waals surface area contributed by atoms with Crippen molar-refractivity contribution in [2.75, 3.05) is 27.4 Å². The molecule has 0 aromatic heterocycles. The van der Waals surface area contributed by atoms with Gasteiger partial charge >= 0.3 is 5.97 Å². The molecule has 0 saturated carbocycles. The Morgan fingerprint density at radius 2 is 1.63 bits per heavy atom. The van der Waals surface area contributed by atoms with E-state index < -0.39 is 22.6 Å². The number of carbonyl (C=O) groups is 3. The fraction of sp³-hybridized carbons (Fsp3) is 0.588. The van der Waals surface area contributed by atoms with E-state index in [4.69, 9.17) is 14.2 Å². The van der Waals surface area contributed by atoms with Gasteiger partial charge in [0.05, 0.1) is 27.4 Å². The van der Waals surface area contributed by atoms with Gasteiger partial charge in [0.1, 0.15) is 0 Å². The van der Waals surface area contributed by atoms with Crippen LogP contribution in [0.2, 0.25) is 0 Å². The molecule has 1 aliphatic rings. The zero-order valence-electron chi connectivity index (χ0n) is 15.6. The minimum atomic E-state index is -0.883. The van der Waals surface area contributed by atoms with E-state index in [-0.39, 0.29) is 43.1 Å². The summed E-state index contributed by atoms with van der Waals surface area (Å²) in [5, 5.41) is 9.08. The molecule has 0 spiro atoms. The quantitative estimate of drug-likeness (QED) is 0.162. The largest absolute Gasteiger partial charge is 0.489 e. The van der Waals surface area contributed by atoms with Crippen molar-refractivity contribution in [3.63, 3.8) is 0 Å². The molecule has 27 heavy (non-hydrogen) atoms. The first kappa shape index (κ1) is 22.1. The van der Waals surface area contributed by atoms with E-state index >= 15 is 0 Å². The minimum Gasteiger partial charge on any atom is -0.489 e. The Balaban J connectivity index is 2.40. The molecule has 0 heterocycles. The van der Waals surface area contributed by atoms with Crippen molar-refractivity contribution in [1.82, 2.24) is 0 Å². The third-order valence-corrected chi connectivity index (χ3v) is 3.90. The molecule has 0 radical (unpaired) electrons. The molecule has 0 fully saturated rings. The van der Waals surface area contributed by atoms with Gasteiger partial charge in [0.2, 0.25) is 23.1 Å². The maximum absolute atomic E-state index is 12.4. The van der Waals surface area contributed by atoms with Crippen LogP contribution in [0, 0.1) is 10.1 Å². The van der Waals surface area contributed by atoms with Crippen LogP contribution in [0.5, 0.6) is 0 Å². The van der Waals surface area contributed by atoms with E-state index in [0.717, 1.165) is 0 Å². The number of ether oxygens (including phenoxy) is 3. The highest BCUT2D eigenvalue weighted by Crippen LogP contribution is 2.28. The van der Waals surface area contributed by atoms with E-state index in [0.29, 0.717) is 24.8 Å². The third-order valence-electron chi connectivity index (χ3n) is 3.90. The van der Waals surface area contributed by atoms with Gasteiger partial charge in [0.25, 0.3) is 5.09 Å². The fourth-order valence-electron chi connectivity index (χ4n) is 2.51. The molecule has 150 valence electrons. The Morgan fingerprint density at radius 1 is 1.00 bits per heavy atom. The van der Waals surface area contributed by atoms with Gasteiger partial charge < -0.3 is 19.0 Å². The number of unbranched alkanes of at least 4 members (excludes halogenated alkanes) is 1. The lowest BCUT2D eigenvalue weighted by Gasteiger charge is -2.20. The lowest BCUT2D eigenvalue weighted by atomic mass is 9.90. The Bertz CT molecular complexity index is 663. The van der Waals surface area contributed by atoms with Gasteiger partial charge in [-0.2, -0.15) is 0 Å². The molecule has 10 nitrogen and oxygen atoms in total. The number of allylic oxidation sites excluding steroid dienone is 2. The average Bonchev–Trinajstić information content (AvgIpc) is 2.63. The molecule has 1 aliphatic carbocycles. The van der Waals surface area contributed by atoms with Gasteiger partial charge in [-0.25, -0.2) is 0 Å². The van der Waals surface area contributed by atoms with Gasteiger partial charge in [0, 0.05) is 17.6 Å². The Kier molecular flexibility index (Phi) is 8.97. The summed E-state index contributed by atoms with van der Waals surface area (Å²) in [6.45, 7) is 1.56. The zero-order chi connectivity index (χ0) is 20.4. The fourth-order valence-corrected chi connectivity index (χ4v) is 2.51. The molecule has 10 heteroatoms. The topological polar surface area (TPSA) is 131 Å². The molecular formula is C17H23NO9. The van der Waals surface area contributed by atoms with Gasteiger partial charge in [-0.1, -0.05) is 0 Å². The second-order valence-electron chi connectivity index (χ2n) is 5.67. The maximum atomic E-state index is 12.4. The van der Waals surface area contributed by atoms with Crippen LogP contribution in [0.1, 0.15) is 39.0 Å². The van der Waals surface area contributed by atoms with Crippen LogP contribution < -0.4 is 0 Å². The van der Waals surface area contributed by atoms with Crippen molar-refractivity contribution in [1.29, 1.82) is 0 Å². The molecule has 0 atom stereocenters. The number of ketones is 2. The predicted molar refractivity (Wildman–Crippen MR) is 90.7 cm³/mol. The van der Waals surface area contributed by atoms with Crippen molar-refractivity contribution in [2.45, 2.75) is 39.0 Å². The SMILES string of the molecule is COC1=C(OC)C(=O)C(CCCOC(=O)CCCCO[N+](=O)[O-])=C(C)C1=O. The van der Waals surface area contributed by atoms with Crippen LogP contribution in [-0.2, 0) is 33.4 Å². The molecule has 0 amide bonds. The van der Waals surface area contributed by atoms with Gasteiger partial charge in [-0.05, 0) is 32.6 Å². The van der Waals surface area contributed by atoms with Gasteiger partial charge in [-0.15, -0.1) is 10.1 Å². The first-order valence-electron chi connectivity index (χ1n) is 8.37. The molecule has 0 saturated heterocycles. The smallest absolute Gasteiger partial charge is 0.305 e. The van der Waals surface area contributed by atoms with Crippen LogP contribution in [0.25, 0.3) is 0 Å². The summed E-state index contributed by atoms with van der Waals surface area (Å²) >= 11 is 0. The Morgan fingerprint density at radius 3 is 2.22 bits per heavy atom. The second-order valence-corrected chi connectivity index (χ2v) is 5.67. The van der Waals surface area contributed by atoms with Crippen molar-refractivity contribution in [3.8, 4) is 0 Å². The summed E-state index contributed by atoms with van der Waals surface area (Å²) in [5.74, 6) is -1.50.